The summed E-state index contributed by atoms with van der Waals surface area (Å²) in [7, 11) is 0. The monoisotopic (exact) mass is 391 g/mol. The maximum absolute atomic E-state index is 13.8. The van der Waals surface area contributed by atoms with Crippen molar-refractivity contribution in [2.24, 2.45) is 0 Å². The van der Waals surface area contributed by atoms with Gasteiger partial charge in [-0.25, -0.2) is 9.18 Å². The van der Waals surface area contributed by atoms with E-state index < -0.39 is 17.2 Å². The number of amides is 1. The highest BCUT2D eigenvalue weighted by Gasteiger charge is 2.44. The van der Waals surface area contributed by atoms with Crippen molar-refractivity contribution in [3.63, 3.8) is 0 Å². The summed E-state index contributed by atoms with van der Waals surface area (Å²) in [5, 5.41) is 20.3. The van der Waals surface area contributed by atoms with Gasteiger partial charge >= 0.3 is 6.09 Å². The van der Waals surface area contributed by atoms with Crippen LogP contribution in [0.25, 0.3) is 0 Å². The summed E-state index contributed by atoms with van der Waals surface area (Å²) in [6.45, 7) is 8.93. The zero-order chi connectivity index (χ0) is 20.7. The van der Waals surface area contributed by atoms with E-state index in [9.17, 15) is 19.6 Å². The summed E-state index contributed by atoms with van der Waals surface area (Å²) >= 11 is 0. The lowest BCUT2D eigenvalue weighted by Gasteiger charge is -2.49. The number of nitrogens with zero attached hydrogens (tertiary/aromatic N) is 3. The molecule has 28 heavy (non-hydrogen) atoms. The summed E-state index contributed by atoms with van der Waals surface area (Å²) in [5.41, 5.74) is 0.108. The maximum atomic E-state index is 13.8. The number of ether oxygens (including phenoxy) is 2. The fourth-order valence-corrected chi connectivity index (χ4v) is 3.71. The molecule has 2 saturated heterocycles. The predicted octanol–water partition coefficient (Wildman–Crippen LogP) is 2.10. The Morgan fingerprint density at radius 1 is 1.43 bits per heavy atom. The van der Waals surface area contributed by atoms with E-state index in [1.54, 1.807) is 11.8 Å². The van der Waals surface area contributed by atoms with Crippen LogP contribution in [-0.2, 0) is 15.3 Å². The molecule has 2 atom stereocenters. The molecular weight excluding hydrogens is 365 g/mol. The van der Waals surface area contributed by atoms with E-state index in [-0.39, 0.29) is 30.9 Å². The quantitative estimate of drug-likeness (QED) is 0.789. The molecule has 2 aliphatic heterocycles. The minimum absolute atomic E-state index is 0.0715. The van der Waals surface area contributed by atoms with Gasteiger partial charge in [0.2, 0.25) is 5.79 Å². The van der Waals surface area contributed by atoms with Crippen molar-refractivity contribution in [1.29, 1.82) is 5.26 Å². The number of hydrogen-bond acceptors (Lipinski definition) is 6. The normalized spacial score (nSPS) is 25.8. The molecule has 0 aliphatic carbocycles. The Morgan fingerprint density at radius 2 is 2.14 bits per heavy atom. The average Bonchev–Trinajstić information content (AvgIpc) is 2.60. The van der Waals surface area contributed by atoms with Gasteiger partial charge in [0.1, 0.15) is 17.5 Å². The second-order valence-corrected chi connectivity index (χ2v) is 8.35. The van der Waals surface area contributed by atoms with Crippen molar-refractivity contribution in [3.8, 4) is 6.07 Å². The Hall–Kier alpha value is -2.21. The largest absolute Gasteiger partial charge is 0.444 e. The van der Waals surface area contributed by atoms with Gasteiger partial charge in [-0.05, 0) is 39.3 Å². The van der Waals surface area contributed by atoms with Gasteiger partial charge in [-0.2, -0.15) is 5.26 Å². The molecule has 3 rings (SSSR count). The number of hydrogen-bond donors (Lipinski definition) is 1. The first-order valence-corrected chi connectivity index (χ1v) is 9.32. The first kappa shape index (κ1) is 20.5. The third kappa shape index (κ3) is 3.97. The molecule has 1 amide bonds. The smallest absolute Gasteiger partial charge is 0.410 e. The molecule has 0 bridgehead atoms. The van der Waals surface area contributed by atoms with Gasteiger partial charge in [0.05, 0.1) is 24.8 Å². The van der Waals surface area contributed by atoms with Crippen LogP contribution in [0.5, 0.6) is 0 Å². The van der Waals surface area contributed by atoms with Crippen LogP contribution in [-0.4, -0.2) is 65.4 Å². The molecule has 0 radical (unpaired) electrons. The van der Waals surface area contributed by atoms with Gasteiger partial charge in [-0.3, -0.25) is 4.90 Å². The Morgan fingerprint density at radius 3 is 2.79 bits per heavy atom. The molecule has 152 valence electrons. The number of rotatable bonds is 1. The van der Waals surface area contributed by atoms with Gasteiger partial charge in [-0.1, -0.05) is 6.07 Å². The standard InChI is InChI=1S/C20H26FN3O4/c1-13-15(9-22)17(21)6-5-16(13)20(26)12-24-8-7-23(10-14(24)11-27-20)18(25)28-19(2,3)4/h5-6,14,26H,7-8,10-12H2,1-4H3/t14-,20-/m1/s1. The van der Waals surface area contributed by atoms with Crippen molar-refractivity contribution in [3.05, 3.63) is 34.6 Å². The molecule has 0 unspecified atom stereocenters. The van der Waals surface area contributed by atoms with Crippen molar-refractivity contribution in [2.45, 2.75) is 45.1 Å². The summed E-state index contributed by atoms with van der Waals surface area (Å²) in [5.74, 6) is -2.25. The number of nitriles is 1. The Bertz CT molecular complexity index is 817. The first-order valence-electron chi connectivity index (χ1n) is 9.32. The van der Waals surface area contributed by atoms with E-state index in [4.69, 9.17) is 9.47 Å². The molecule has 0 spiro atoms. The van der Waals surface area contributed by atoms with Crippen LogP contribution in [0.2, 0.25) is 0 Å². The molecule has 1 N–H and O–H groups in total. The van der Waals surface area contributed by atoms with Crippen LogP contribution in [0.1, 0.15) is 37.5 Å². The number of carbonyl (C=O) groups is 1. The third-order valence-corrected chi connectivity index (χ3v) is 5.14. The minimum Gasteiger partial charge on any atom is -0.444 e. The third-order valence-electron chi connectivity index (χ3n) is 5.14. The van der Waals surface area contributed by atoms with Crippen LogP contribution in [0.3, 0.4) is 0 Å². The lowest BCUT2D eigenvalue weighted by atomic mass is 9.93. The van der Waals surface area contributed by atoms with E-state index >= 15 is 0 Å². The number of carbonyl (C=O) groups excluding carboxylic acids is 1. The maximum Gasteiger partial charge on any atom is 0.410 e. The highest BCUT2D eigenvalue weighted by molar-refractivity contribution is 5.68. The van der Waals surface area contributed by atoms with Crippen molar-refractivity contribution >= 4 is 6.09 Å². The molecule has 0 saturated carbocycles. The predicted molar refractivity (Wildman–Crippen MR) is 98.9 cm³/mol. The molecule has 1 aromatic rings. The molecule has 8 heteroatoms. The van der Waals surface area contributed by atoms with Gasteiger partial charge in [0.25, 0.3) is 0 Å². The number of halogens is 1. The van der Waals surface area contributed by atoms with Gasteiger partial charge in [0, 0.05) is 25.2 Å². The van der Waals surface area contributed by atoms with Crippen molar-refractivity contribution in [2.75, 3.05) is 32.8 Å². The van der Waals surface area contributed by atoms with Crippen LogP contribution in [0.4, 0.5) is 9.18 Å². The highest BCUT2D eigenvalue weighted by atomic mass is 19.1. The van der Waals surface area contributed by atoms with E-state index in [0.717, 1.165) is 0 Å². The Kier molecular flexibility index (Phi) is 5.36. The molecular formula is C20H26FN3O4. The summed E-state index contributed by atoms with van der Waals surface area (Å²) in [6, 6.07) is 4.40. The zero-order valence-electron chi connectivity index (χ0n) is 16.7. The number of benzene rings is 1. The van der Waals surface area contributed by atoms with Gasteiger partial charge in [-0.15, -0.1) is 0 Å². The number of piperazine rings is 1. The topological polar surface area (TPSA) is 86.0 Å². The zero-order valence-corrected chi connectivity index (χ0v) is 16.7. The minimum atomic E-state index is -1.63. The van der Waals surface area contributed by atoms with E-state index in [0.29, 0.717) is 30.8 Å². The fraction of sp³-hybridized carbons (Fsp3) is 0.600. The highest BCUT2D eigenvalue weighted by Crippen LogP contribution is 2.34. The molecule has 2 heterocycles. The van der Waals surface area contributed by atoms with Gasteiger partial charge < -0.3 is 19.5 Å². The molecule has 2 aliphatic rings. The lowest BCUT2D eigenvalue weighted by Crippen LogP contribution is -2.63. The summed E-state index contributed by atoms with van der Waals surface area (Å²) in [6.07, 6.45) is -0.360. The summed E-state index contributed by atoms with van der Waals surface area (Å²) in [4.78, 5) is 16.0. The van der Waals surface area contributed by atoms with Gasteiger partial charge in [0.15, 0.2) is 0 Å². The van der Waals surface area contributed by atoms with Crippen molar-refractivity contribution in [1.82, 2.24) is 9.80 Å². The van der Waals surface area contributed by atoms with Crippen LogP contribution < -0.4 is 0 Å². The number of aliphatic hydroxyl groups is 1. The second-order valence-electron chi connectivity index (χ2n) is 8.35. The average molecular weight is 391 g/mol. The van der Waals surface area contributed by atoms with E-state index in [1.165, 1.54) is 12.1 Å². The summed E-state index contributed by atoms with van der Waals surface area (Å²) < 4.78 is 25.0. The van der Waals surface area contributed by atoms with Crippen LogP contribution in [0.15, 0.2) is 12.1 Å². The Labute approximate surface area is 164 Å². The number of fused-ring (bicyclic) bond motifs is 1. The van der Waals surface area contributed by atoms with E-state index in [1.807, 2.05) is 26.8 Å². The number of morpholine rings is 1. The fourth-order valence-electron chi connectivity index (χ4n) is 3.71. The molecule has 0 aromatic heterocycles. The lowest BCUT2D eigenvalue weighted by molar-refractivity contribution is -0.266. The first-order chi connectivity index (χ1) is 13.0. The second kappa shape index (κ2) is 7.32. The molecule has 1 aromatic carbocycles. The molecule has 7 nitrogen and oxygen atoms in total. The van der Waals surface area contributed by atoms with Crippen LogP contribution in [0, 0.1) is 24.1 Å². The van der Waals surface area contributed by atoms with E-state index in [2.05, 4.69) is 4.90 Å². The van der Waals surface area contributed by atoms with Crippen LogP contribution >= 0.6 is 0 Å². The SMILES string of the molecule is Cc1c([C@@]2(O)CN3CCN(C(=O)OC(C)(C)C)C[C@@H]3CO2)ccc(F)c1C#N. The molecule has 2 fully saturated rings. The van der Waals surface area contributed by atoms with Crippen molar-refractivity contribution < 1.29 is 23.8 Å². The Balaban J connectivity index is 1.73.